The van der Waals surface area contributed by atoms with E-state index in [0.717, 1.165) is 123 Å². The maximum Gasteiger partial charge on any atom is 0.377 e. The zero-order valence-corrected chi connectivity index (χ0v) is 27.2. The predicted octanol–water partition coefficient (Wildman–Crippen LogP) is 3.03. The molecule has 13 heteroatoms. The molecule has 0 fully saturated rings. The zero-order valence-electron chi connectivity index (χ0n) is 27.2. The van der Waals surface area contributed by atoms with Crippen LogP contribution in [0.5, 0.6) is 0 Å². The molecular formula is C27H65B4N5O4. The second-order valence-electron chi connectivity index (χ2n) is 11.7. The van der Waals surface area contributed by atoms with Crippen molar-refractivity contribution in [3.63, 3.8) is 0 Å². The Balaban J connectivity index is 5.34. The first-order valence-corrected chi connectivity index (χ1v) is 16.5. The van der Waals surface area contributed by atoms with Crippen molar-refractivity contribution < 1.29 is 20.1 Å². The van der Waals surface area contributed by atoms with Crippen LogP contribution in [0, 0.1) is 0 Å². The maximum atomic E-state index is 10.9. The lowest BCUT2D eigenvalue weighted by Crippen LogP contribution is -2.58. The van der Waals surface area contributed by atoms with Gasteiger partial charge >= 0.3 is 28.2 Å². The summed E-state index contributed by atoms with van der Waals surface area (Å²) in [6, 6.07) is 0. The van der Waals surface area contributed by atoms with Gasteiger partial charge in [0.05, 0.1) is 0 Å². The highest BCUT2D eigenvalue weighted by atomic mass is 16.2. The Bertz CT molecular complexity index is 531. The Morgan fingerprint density at radius 2 is 0.875 bits per heavy atom. The summed E-state index contributed by atoms with van der Waals surface area (Å²) in [5.74, 6) is 0. The van der Waals surface area contributed by atoms with Crippen molar-refractivity contribution in [3.05, 3.63) is 0 Å². The Hall–Kier alpha value is -0.100. The second-order valence-corrected chi connectivity index (χ2v) is 11.7. The molecule has 0 aromatic rings. The lowest BCUT2D eigenvalue weighted by molar-refractivity contribution is 0.126. The molecule has 0 amide bonds. The smallest absolute Gasteiger partial charge is 0.377 e. The predicted molar refractivity (Wildman–Crippen MR) is 176 cm³/mol. The third-order valence-electron chi connectivity index (χ3n) is 8.02. The largest absolute Gasteiger partial charge is 0.437 e. The van der Waals surface area contributed by atoms with Crippen molar-refractivity contribution in [3.8, 4) is 0 Å². The van der Waals surface area contributed by atoms with Crippen LogP contribution in [0.3, 0.4) is 0 Å². The number of unbranched alkanes of at least 4 members (excludes halogenated alkanes) is 7. The van der Waals surface area contributed by atoms with Crippen LogP contribution < -0.4 is 5.73 Å². The molecule has 0 aliphatic carbocycles. The fourth-order valence-corrected chi connectivity index (χ4v) is 5.43. The van der Waals surface area contributed by atoms with Crippen LogP contribution in [0.1, 0.15) is 97.3 Å². The van der Waals surface area contributed by atoms with Crippen LogP contribution in [0.25, 0.3) is 0 Å². The van der Waals surface area contributed by atoms with E-state index >= 15 is 0 Å². The van der Waals surface area contributed by atoms with E-state index in [0.29, 0.717) is 6.54 Å². The van der Waals surface area contributed by atoms with Gasteiger partial charge in [-0.25, -0.2) is 0 Å². The van der Waals surface area contributed by atoms with Crippen LogP contribution in [0.15, 0.2) is 0 Å². The highest BCUT2D eigenvalue weighted by molar-refractivity contribution is 6.47. The summed E-state index contributed by atoms with van der Waals surface area (Å²) in [6.07, 6.45) is 13.2. The van der Waals surface area contributed by atoms with Gasteiger partial charge < -0.3 is 45.1 Å². The monoisotopic (exact) mass is 568 g/mol. The van der Waals surface area contributed by atoms with Crippen molar-refractivity contribution in [2.45, 2.75) is 131 Å². The summed E-state index contributed by atoms with van der Waals surface area (Å²) in [6.45, 7) is 17.4. The van der Waals surface area contributed by atoms with Crippen LogP contribution in [-0.4, -0.2) is 120 Å². The van der Waals surface area contributed by atoms with Crippen molar-refractivity contribution in [1.29, 1.82) is 0 Å². The van der Waals surface area contributed by atoms with Gasteiger partial charge in [0.2, 0.25) is 0 Å². The summed E-state index contributed by atoms with van der Waals surface area (Å²) in [7, 11) is -2.14. The van der Waals surface area contributed by atoms with E-state index in [9.17, 15) is 20.1 Å². The Morgan fingerprint density at radius 3 is 1.23 bits per heavy atom. The molecule has 9 nitrogen and oxygen atoms in total. The minimum absolute atomic E-state index is 0.0567. The SMILES string of the molecule is CCCCN(CCCCN(B(C)O)C(CCCCCCN)N(CCCCN(CCCC)B(C)O)B(C)O)B(C)O. The maximum absolute atomic E-state index is 10.9. The van der Waals surface area contributed by atoms with Crippen molar-refractivity contribution in [2.24, 2.45) is 5.73 Å². The van der Waals surface area contributed by atoms with Crippen molar-refractivity contribution >= 4 is 28.2 Å². The van der Waals surface area contributed by atoms with E-state index in [1.54, 1.807) is 0 Å². The van der Waals surface area contributed by atoms with E-state index in [1.807, 2.05) is 27.3 Å². The lowest BCUT2D eigenvalue weighted by Gasteiger charge is -2.42. The van der Waals surface area contributed by atoms with Gasteiger partial charge in [-0.15, -0.1) is 0 Å². The van der Waals surface area contributed by atoms with Gasteiger partial charge in [0.25, 0.3) is 0 Å². The van der Waals surface area contributed by atoms with E-state index in [-0.39, 0.29) is 6.17 Å². The second kappa shape index (κ2) is 25.4. The number of hydrogen-bond acceptors (Lipinski definition) is 9. The standard InChI is InChI=1S/C27H65B4N5O4/c1-7-9-21-33(28(3)37)23-15-17-25-35(30(5)39)27(19-13-11-12-14-20-32)36(31(6)40)26-18-16-24-34(29(4)38)22-10-8-2/h27,37-40H,7-26,32H2,1-6H3. The number of hydrogen-bond donors (Lipinski definition) is 5. The normalized spacial score (nSPS) is 12.0. The Morgan fingerprint density at radius 1 is 0.500 bits per heavy atom. The highest BCUT2D eigenvalue weighted by Crippen LogP contribution is 2.19. The first kappa shape index (κ1) is 39.9. The molecule has 0 aliphatic heterocycles. The third kappa shape index (κ3) is 18.4. The Labute approximate surface area is 249 Å². The number of nitrogens with two attached hydrogens (primary N) is 1. The van der Waals surface area contributed by atoms with Gasteiger partial charge in [-0.2, -0.15) is 0 Å². The van der Waals surface area contributed by atoms with Crippen LogP contribution in [0.2, 0.25) is 27.3 Å². The first-order chi connectivity index (χ1) is 19.1. The van der Waals surface area contributed by atoms with Crippen molar-refractivity contribution in [2.75, 3.05) is 45.8 Å². The fourth-order valence-electron chi connectivity index (χ4n) is 5.43. The average Bonchev–Trinajstić information content (AvgIpc) is 2.89. The number of rotatable bonds is 28. The zero-order chi connectivity index (χ0) is 30.3. The van der Waals surface area contributed by atoms with Gasteiger partial charge in [-0.05, 0) is 124 Å². The number of nitrogens with zero attached hydrogens (tertiary/aromatic N) is 4. The molecule has 0 aromatic heterocycles. The summed E-state index contributed by atoms with van der Waals surface area (Å²) in [4.78, 5) is 8.56. The third-order valence-corrected chi connectivity index (χ3v) is 8.02. The van der Waals surface area contributed by atoms with Gasteiger partial charge in [-0.3, -0.25) is 0 Å². The van der Waals surface area contributed by atoms with E-state index in [4.69, 9.17) is 5.73 Å². The molecule has 0 aliphatic rings. The first-order valence-electron chi connectivity index (χ1n) is 16.5. The Kier molecular flexibility index (Phi) is 25.3. The lowest BCUT2D eigenvalue weighted by atomic mass is 9.78. The summed E-state index contributed by atoms with van der Waals surface area (Å²) >= 11 is 0. The van der Waals surface area contributed by atoms with Crippen molar-refractivity contribution in [1.82, 2.24) is 19.2 Å². The van der Waals surface area contributed by atoms with Gasteiger partial charge in [0.1, 0.15) is 0 Å². The molecule has 0 spiro atoms. The molecule has 0 radical (unpaired) electrons. The quantitative estimate of drug-likeness (QED) is 0.0553. The molecule has 0 unspecified atom stereocenters. The molecule has 0 bridgehead atoms. The fraction of sp³-hybridized carbons (Fsp3) is 1.00. The molecular weight excluding hydrogens is 502 g/mol. The molecule has 6 N–H and O–H groups in total. The molecule has 40 heavy (non-hydrogen) atoms. The van der Waals surface area contributed by atoms with Crippen LogP contribution in [0.4, 0.5) is 0 Å². The molecule has 0 rings (SSSR count). The molecule has 234 valence electrons. The highest BCUT2D eigenvalue weighted by Gasteiger charge is 2.33. The molecule has 0 aromatic carbocycles. The van der Waals surface area contributed by atoms with Crippen LogP contribution in [-0.2, 0) is 0 Å². The van der Waals surface area contributed by atoms with E-state index in [2.05, 4.69) is 33.1 Å². The van der Waals surface area contributed by atoms with Crippen LogP contribution >= 0.6 is 0 Å². The minimum atomic E-state index is -0.622. The summed E-state index contributed by atoms with van der Waals surface area (Å²) in [5.41, 5.74) is 5.70. The summed E-state index contributed by atoms with van der Waals surface area (Å²) < 4.78 is 0. The van der Waals surface area contributed by atoms with Gasteiger partial charge in [0, 0.05) is 6.17 Å². The van der Waals surface area contributed by atoms with E-state index < -0.39 is 28.2 Å². The van der Waals surface area contributed by atoms with E-state index in [1.165, 1.54) is 0 Å². The summed E-state index contributed by atoms with van der Waals surface area (Å²) in [5, 5.41) is 42.0. The van der Waals surface area contributed by atoms with Gasteiger partial charge in [-0.1, -0.05) is 46.0 Å². The van der Waals surface area contributed by atoms with Gasteiger partial charge in [0.15, 0.2) is 0 Å². The average molecular weight is 567 g/mol. The molecule has 0 atom stereocenters. The molecule has 0 saturated heterocycles. The molecule has 0 saturated carbocycles. The minimum Gasteiger partial charge on any atom is -0.437 e. The molecule has 0 heterocycles. The topological polar surface area (TPSA) is 120 Å².